The third-order valence-electron chi connectivity index (χ3n) is 2.21. The van der Waals surface area contributed by atoms with Gasteiger partial charge in [0.15, 0.2) is 0 Å². The van der Waals surface area contributed by atoms with E-state index in [0.717, 1.165) is 19.4 Å². The number of hydrogen-bond donors (Lipinski definition) is 1. The fraction of sp³-hybridized carbons (Fsp3) is 0.667. The summed E-state index contributed by atoms with van der Waals surface area (Å²) >= 11 is 0. The first-order valence-corrected chi connectivity index (χ1v) is 4.18. The fourth-order valence-corrected chi connectivity index (χ4v) is 1.25. The van der Waals surface area contributed by atoms with Gasteiger partial charge in [-0.1, -0.05) is 13.5 Å². The van der Waals surface area contributed by atoms with Crippen LogP contribution in [-0.2, 0) is 9.53 Å². The number of rotatable bonds is 5. The Hall–Kier alpha value is -0.830. The molecule has 12 heavy (non-hydrogen) atoms. The van der Waals surface area contributed by atoms with Gasteiger partial charge in [0.1, 0.15) is 0 Å². The Morgan fingerprint density at radius 1 is 1.83 bits per heavy atom. The minimum absolute atomic E-state index is 0.0787. The first kappa shape index (κ1) is 9.26. The van der Waals surface area contributed by atoms with E-state index in [1.807, 2.05) is 6.92 Å². The Kier molecular flexibility index (Phi) is 2.87. The molecule has 0 aromatic carbocycles. The molecule has 1 aliphatic heterocycles. The largest absolute Gasteiger partial charge is 0.478 e. The summed E-state index contributed by atoms with van der Waals surface area (Å²) in [7, 11) is 0. The van der Waals surface area contributed by atoms with Gasteiger partial charge in [0.25, 0.3) is 0 Å². The zero-order valence-corrected chi connectivity index (χ0v) is 7.25. The molecule has 0 aromatic rings. The van der Waals surface area contributed by atoms with Crippen molar-refractivity contribution in [2.75, 3.05) is 6.61 Å². The van der Waals surface area contributed by atoms with Crippen LogP contribution in [0.5, 0.6) is 0 Å². The smallest absolute Gasteiger partial charge is 0.331 e. The van der Waals surface area contributed by atoms with Crippen LogP contribution in [-0.4, -0.2) is 23.8 Å². The quantitative estimate of drug-likeness (QED) is 0.501. The summed E-state index contributed by atoms with van der Waals surface area (Å²) < 4.78 is 5.04. The van der Waals surface area contributed by atoms with E-state index < -0.39 is 5.97 Å². The number of carbonyl (C=O) groups is 1. The molecule has 0 bridgehead atoms. The lowest BCUT2D eigenvalue weighted by molar-refractivity contribution is -0.133. The molecule has 0 amide bonds. The Morgan fingerprint density at radius 3 is 2.75 bits per heavy atom. The summed E-state index contributed by atoms with van der Waals surface area (Å²) in [5.74, 6) is -0.808. The van der Waals surface area contributed by atoms with E-state index in [0.29, 0.717) is 5.57 Å². The molecule has 1 heterocycles. The zero-order valence-electron chi connectivity index (χ0n) is 7.25. The summed E-state index contributed by atoms with van der Waals surface area (Å²) in [6.45, 7) is 6.31. The number of ether oxygens (including phenoxy) is 1. The van der Waals surface area contributed by atoms with Crippen molar-refractivity contribution < 1.29 is 14.6 Å². The first-order valence-electron chi connectivity index (χ1n) is 4.18. The van der Waals surface area contributed by atoms with Gasteiger partial charge in [-0.2, -0.15) is 0 Å². The van der Waals surface area contributed by atoms with Gasteiger partial charge in [-0.15, -0.1) is 0 Å². The van der Waals surface area contributed by atoms with Gasteiger partial charge in [-0.3, -0.25) is 0 Å². The highest BCUT2D eigenvalue weighted by atomic mass is 16.6. The predicted molar refractivity (Wildman–Crippen MR) is 44.9 cm³/mol. The van der Waals surface area contributed by atoms with Gasteiger partial charge in [-0.05, 0) is 18.8 Å². The summed E-state index contributed by atoms with van der Waals surface area (Å²) in [5.41, 5.74) is 0.313. The summed E-state index contributed by atoms with van der Waals surface area (Å²) in [6.07, 6.45) is 1.91. The molecular weight excluding hydrogens is 156 g/mol. The molecule has 3 heteroatoms. The van der Waals surface area contributed by atoms with Crippen LogP contribution in [0.1, 0.15) is 19.8 Å². The third-order valence-corrected chi connectivity index (χ3v) is 2.21. The molecule has 0 aromatic heterocycles. The standard InChI is InChI=1S/C9H14O3/c1-3-7(4-8-5-12-8)6(2)9(10)11/h7-8H,2-5H2,1H3,(H,10,11). The average Bonchev–Trinajstić information content (AvgIpc) is 2.82. The van der Waals surface area contributed by atoms with Crippen molar-refractivity contribution in [2.24, 2.45) is 5.92 Å². The van der Waals surface area contributed by atoms with E-state index in [9.17, 15) is 4.79 Å². The second kappa shape index (κ2) is 3.72. The summed E-state index contributed by atoms with van der Waals surface area (Å²) in [6, 6.07) is 0. The van der Waals surface area contributed by atoms with Gasteiger partial charge in [0.05, 0.1) is 12.7 Å². The summed E-state index contributed by atoms with van der Waals surface area (Å²) in [4.78, 5) is 10.6. The second-order valence-corrected chi connectivity index (χ2v) is 3.13. The molecule has 0 aliphatic carbocycles. The van der Waals surface area contributed by atoms with Gasteiger partial charge < -0.3 is 9.84 Å². The predicted octanol–water partition coefficient (Wildman–Crippen LogP) is 1.44. The fourth-order valence-electron chi connectivity index (χ4n) is 1.25. The molecule has 2 atom stereocenters. The zero-order chi connectivity index (χ0) is 9.14. The van der Waals surface area contributed by atoms with Crippen LogP contribution in [0.25, 0.3) is 0 Å². The van der Waals surface area contributed by atoms with Gasteiger partial charge >= 0.3 is 5.97 Å². The number of carboxylic acid groups (broad SMARTS) is 1. The lowest BCUT2D eigenvalue weighted by Crippen LogP contribution is -2.13. The minimum atomic E-state index is -0.887. The molecule has 0 radical (unpaired) electrons. The normalized spacial score (nSPS) is 23.2. The Morgan fingerprint density at radius 2 is 2.42 bits per heavy atom. The molecule has 0 saturated carbocycles. The van der Waals surface area contributed by atoms with Crippen molar-refractivity contribution in [2.45, 2.75) is 25.9 Å². The van der Waals surface area contributed by atoms with Gasteiger partial charge in [-0.25, -0.2) is 4.79 Å². The topological polar surface area (TPSA) is 49.8 Å². The maximum atomic E-state index is 10.6. The molecule has 1 N–H and O–H groups in total. The van der Waals surface area contributed by atoms with E-state index in [4.69, 9.17) is 9.84 Å². The maximum absolute atomic E-state index is 10.6. The summed E-state index contributed by atoms with van der Waals surface area (Å²) in [5, 5.41) is 8.68. The molecule has 68 valence electrons. The van der Waals surface area contributed by atoms with E-state index in [1.165, 1.54) is 0 Å². The van der Waals surface area contributed by atoms with Crippen LogP contribution in [0.3, 0.4) is 0 Å². The highest BCUT2D eigenvalue weighted by molar-refractivity contribution is 5.86. The molecule has 3 nitrogen and oxygen atoms in total. The second-order valence-electron chi connectivity index (χ2n) is 3.13. The minimum Gasteiger partial charge on any atom is -0.478 e. The average molecular weight is 170 g/mol. The Bertz CT molecular complexity index is 194. The number of hydrogen-bond acceptors (Lipinski definition) is 2. The highest BCUT2D eigenvalue weighted by Gasteiger charge is 2.28. The van der Waals surface area contributed by atoms with E-state index in [-0.39, 0.29) is 12.0 Å². The molecular formula is C9H14O3. The molecule has 1 saturated heterocycles. The van der Waals surface area contributed by atoms with Crippen LogP contribution >= 0.6 is 0 Å². The van der Waals surface area contributed by atoms with Crippen LogP contribution in [0, 0.1) is 5.92 Å². The SMILES string of the molecule is C=C(C(=O)O)C(CC)CC1CO1. The number of aliphatic carboxylic acids is 1. The van der Waals surface area contributed by atoms with Crippen LogP contribution in [0.15, 0.2) is 12.2 Å². The first-order chi connectivity index (χ1) is 5.65. The lowest BCUT2D eigenvalue weighted by Gasteiger charge is -2.12. The molecule has 2 unspecified atom stereocenters. The maximum Gasteiger partial charge on any atom is 0.331 e. The molecule has 1 rings (SSSR count). The molecule has 0 spiro atoms. The van der Waals surface area contributed by atoms with E-state index >= 15 is 0 Å². The van der Waals surface area contributed by atoms with E-state index in [2.05, 4.69) is 6.58 Å². The number of epoxide rings is 1. The van der Waals surface area contributed by atoms with Crippen molar-refractivity contribution in [3.8, 4) is 0 Å². The Balaban J connectivity index is 2.41. The molecule has 1 fully saturated rings. The van der Waals surface area contributed by atoms with Crippen molar-refractivity contribution in [3.05, 3.63) is 12.2 Å². The Labute approximate surface area is 72.0 Å². The van der Waals surface area contributed by atoms with E-state index in [1.54, 1.807) is 0 Å². The highest BCUT2D eigenvalue weighted by Crippen LogP contribution is 2.26. The van der Waals surface area contributed by atoms with Crippen molar-refractivity contribution >= 4 is 5.97 Å². The molecule has 1 aliphatic rings. The van der Waals surface area contributed by atoms with Crippen LogP contribution < -0.4 is 0 Å². The van der Waals surface area contributed by atoms with Crippen molar-refractivity contribution in [1.29, 1.82) is 0 Å². The van der Waals surface area contributed by atoms with Crippen molar-refractivity contribution in [3.63, 3.8) is 0 Å². The van der Waals surface area contributed by atoms with Gasteiger partial charge in [0, 0.05) is 5.57 Å². The van der Waals surface area contributed by atoms with Crippen LogP contribution in [0.2, 0.25) is 0 Å². The van der Waals surface area contributed by atoms with Crippen LogP contribution in [0.4, 0.5) is 0 Å². The number of carboxylic acids is 1. The lowest BCUT2D eigenvalue weighted by atomic mass is 9.93. The monoisotopic (exact) mass is 170 g/mol. The van der Waals surface area contributed by atoms with Crippen molar-refractivity contribution in [1.82, 2.24) is 0 Å². The third kappa shape index (κ3) is 2.34. The van der Waals surface area contributed by atoms with Gasteiger partial charge in [0.2, 0.25) is 0 Å².